The first-order valence-electron chi connectivity index (χ1n) is 9.48. The third-order valence-corrected chi connectivity index (χ3v) is 4.67. The molecule has 1 unspecified atom stereocenters. The van der Waals surface area contributed by atoms with Gasteiger partial charge in [-0.15, -0.1) is 0 Å². The van der Waals surface area contributed by atoms with Crippen molar-refractivity contribution in [2.45, 2.75) is 26.3 Å². The molecule has 1 aromatic carbocycles. The zero-order valence-electron chi connectivity index (χ0n) is 15.8. The van der Waals surface area contributed by atoms with Crippen LogP contribution >= 0.6 is 0 Å². The second kappa shape index (κ2) is 9.64. The molecule has 0 bridgehead atoms. The van der Waals surface area contributed by atoms with Gasteiger partial charge in [-0.25, -0.2) is 0 Å². The van der Waals surface area contributed by atoms with Gasteiger partial charge in [0.25, 0.3) is 0 Å². The number of guanidine groups is 1. The van der Waals surface area contributed by atoms with Crippen molar-refractivity contribution in [1.82, 2.24) is 15.5 Å². The summed E-state index contributed by atoms with van der Waals surface area (Å²) in [6, 6.07) is 6.53. The summed E-state index contributed by atoms with van der Waals surface area (Å²) in [5, 5.41) is 6.74. The van der Waals surface area contributed by atoms with E-state index in [2.05, 4.69) is 41.5 Å². The van der Waals surface area contributed by atoms with Crippen LogP contribution in [0.5, 0.6) is 11.5 Å². The minimum atomic E-state index is 0.315. The van der Waals surface area contributed by atoms with Crippen LogP contribution in [-0.2, 0) is 11.2 Å². The minimum absolute atomic E-state index is 0.315. The highest BCUT2D eigenvalue weighted by Crippen LogP contribution is 2.32. The Hall–Kier alpha value is -1.99. The molecule has 26 heavy (non-hydrogen) atoms. The fourth-order valence-corrected chi connectivity index (χ4v) is 3.12. The molecule has 0 spiro atoms. The largest absolute Gasteiger partial charge is 0.454 e. The Morgan fingerprint density at radius 3 is 2.81 bits per heavy atom. The average Bonchev–Trinajstić information content (AvgIpc) is 3.14. The number of nitrogens with one attached hydrogen (secondary N) is 2. The van der Waals surface area contributed by atoms with Crippen molar-refractivity contribution >= 4 is 5.96 Å². The highest BCUT2D eigenvalue weighted by atomic mass is 16.7. The first-order valence-corrected chi connectivity index (χ1v) is 9.48. The smallest absolute Gasteiger partial charge is 0.231 e. The highest BCUT2D eigenvalue weighted by molar-refractivity contribution is 5.79. The Balaban J connectivity index is 1.46. The highest BCUT2D eigenvalue weighted by Gasteiger charge is 2.16. The van der Waals surface area contributed by atoms with Crippen LogP contribution < -0.4 is 20.1 Å². The molecule has 0 aliphatic carbocycles. The summed E-state index contributed by atoms with van der Waals surface area (Å²) in [6.45, 7) is 10.7. The van der Waals surface area contributed by atoms with Crippen molar-refractivity contribution in [3.63, 3.8) is 0 Å². The van der Waals surface area contributed by atoms with Crippen molar-refractivity contribution < 1.29 is 14.2 Å². The molecule has 7 nitrogen and oxygen atoms in total. The average molecular weight is 362 g/mol. The van der Waals surface area contributed by atoms with E-state index < -0.39 is 0 Å². The van der Waals surface area contributed by atoms with E-state index in [-0.39, 0.29) is 0 Å². The lowest BCUT2D eigenvalue weighted by molar-refractivity contribution is 0.0220. The molecular formula is C19H30N4O3. The Bertz CT molecular complexity index is 602. The number of nitrogens with zero attached hydrogens (tertiary/aromatic N) is 2. The third-order valence-electron chi connectivity index (χ3n) is 4.67. The monoisotopic (exact) mass is 362 g/mol. The van der Waals surface area contributed by atoms with Gasteiger partial charge in [0.05, 0.1) is 19.8 Å². The molecule has 2 aliphatic heterocycles. The molecule has 1 saturated heterocycles. The molecule has 0 radical (unpaired) electrons. The summed E-state index contributed by atoms with van der Waals surface area (Å²) in [6.07, 6.45) is 0.903. The Kier molecular flexibility index (Phi) is 6.96. The predicted molar refractivity (Wildman–Crippen MR) is 102 cm³/mol. The molecule has 2 aliphatic rings. The summed E-state index contributed by atoms with van der Waals surface area (Å²) in [4.78, 5) is 7.18. The fraction of sp³-hybridized carbons (Fsp3) is 0.632. The van der Waals surface area contributed by atoms with Crippen molar-refractivity contribution in [3.05, 3.63) is 23.8 Å². The molecule has 7 heteroatoms. The number of hydrogen-bond donors (Lipinski definition) is 2. The maximum atomic E-state index is 5.44. The van der Waals surface area contributed by atoms with Crippen molar-refractivity contribution in [3.8, 4) is 11.5 Å². The van der Waals surface area contributed by atoms with Crippen molar-refractivity contribution in [1.29, 1.82) is 0 Å². The standard InChI is InChI=1S/C19H30N4O3/c1-3-20-19(22-13-15(2)23-8-10-24-11-9-23)21-7-6-16-4-5-17-18(12-16)26-14-25-17/h4-5,12,15H,3,6-11,13-14H2,1-2H3,(H2,20,21,22). The summed E-state index contributed by atoms with van der Waals surface area (Å²) < 4.78 is 16.2. The van der Waals surface area contributed by atoms with Crippen LogP contribution in [0.25, 0.3) is 0 Å². The molecule has 2 N–H and O–H groups in total. The van der Waals surface area contributed by atoms with E-state index in [4.69, 9.17) is 19.2 Å². The SMILES string of the molecule is CCNC(=NCC(C)N1CCOCC1)NCCc1ccc2c(c1)OCO2. The maximum absolute atomic E-state index is 5.44. The number of rotatable bonds is 7. The first-order chi connectivity index (χ1) is 12.8. The van der Waals surface area contributed by atoms with Gasteiger partial charge in [-0.1, -0.05) is 6.07 Å². The fourth-order valence-electron chi connectivity index (χ4n) is 3.12. The van der Waals surface area contributed by atoms with Crippen LogP contribution in [0.15, 0.2) is 23.2 Å². The lowest BCUT2D eigenvalue weighted by atomic mass is 10.1. The third kappa shape index (κ3) is 5.25. The van der Waals surface area contributed by atoms with Crippen LogP contribution in [0.4, 0.5) is 0 Å². The number of ether oxygens (including phenoxy) is 3. The minimum Gasteiger partial charge on any atom is -0.454 e. The maximum Gasteiger partial charge on any atom is 0.231 e. The molecule has 3 rings (SSSR count). The number of morpholine rings is 1. The number of hydrogen-bond acceptors (Lipinski definition) is 5. The quantitative estimate of drug-likeness (QED) is 0.562. The molecule has 144 valence electrons. The van der Waals surface area contributed by atoms with Gasteiger partial charge >= 0.3 is 0 Å². The van der Waals surface area contributed by atoms with Gasteiger partial charge in [0.2, 0.25) is 6.79 Å². The summed E-state index contributed by atoms with van der Waals surface area (Å²) >= 11 is 0. The van der Waals surface area contributed by atoms with Crippen molar-refractivity contribution in [2.75, 3.05) is 52.7 Å². The molecule has 0 aromatic heterocycles. The summed E-state index contributed by atoms with van der Waals surface area (Å²) in [7, 11) is 0. The van der Waals surface area contributed by atoms with Crippen LogP contribution in [0.2, 0.25) is 0 Å². The zero-order valence-corrected chi connectivity index (χ0v) is 15.8. The van der Waals surface area contributed by atoms with E-state index in [0.717, 1.165) is 69.8 Å². The lowest BCUT2D eigenvalue weighted by Crippen LogP contribution is -2.44. The van der Waals surface area contributed by atoms with E-state index in [9.17, 15) is 0 Å². The second-order valence-electron chi connectivity index (χ2n) is 6.58. The van der Waals surface area contributed by atoms with E-state index >= 15 is 0 Å². The van der Waals surface area contributed by atoms with Crippen LogP contribution in [0.3, 0.4) is 0 Å². The molecular weight excluding hydrogens is 332 g/mol. The van der Waals surface area contributed by atoms with Gasteiger partial charge in [0.1, 0.15) is 0 Å². The zero-order chi connectivity index (χ0) is 18.2. The van der Waals surface area contributed by atoms with E-state index in [1.807, 2.05) is 6.07 Å². The molecule has 0 amide bonds. The van der Waals surface area contributed by atoms with Gasteiger partial charge < -0.3 is 24.8 Å². The van der Waals surface area contributed by atoms with Gasteiger partial charge in [-0.05, 0) is 38.0 Å². The molecule has 1 atom stereocenters. The topological polar surface area (TPSA) is 67.4 Å². The number of aliphatic imine (C=N–C) groups is 1. The van der Waals surface area contributed by atoms with Gasteiger partial charge in [0, 0.05) is 32.2 Å². The normalized spacial score (nSPS) is 18.6. The van der Waals surface area contributed by atoms with E-state index in [1.165, 1.54) is 5.56 Å². The van der Waals surface area contributed by atoms with Crippen LogP contribution in [0.1, 0.15) is 19.4 Å². The predicted octanol–water partition coefficient (Wildman–Crippen LogP) is 1.23. The Labute approximate surface area is 155 Å². The summed E-state index contributed by atoms with van der Waals surface area (Å²) in [5.41, 5.74) is 1.22. The summed E-state index contributed by atoms with van der Waals surface area (Å²) in [5.74, 6) is 2.53. The molecule has 2 heterocycles. The van der Waals surface area contributed by atoms with Crippen molar-refractivity contribution in [2.24, 2.45) is 4.99 Å². The van der Waals surface area contributed by atoms with Gasteiger partial charge in [0.15, 0.2) is 17.5 Å². The molecule has 0 saturated carbocycles. The van der Waals surface area contributed by atoms with Gasteiger partial charge in [-0.3, -0.25) is 9.89 Å². The van der Waals surface area contributed by atoms with Gasteiger partial charge in [-0.2, -0.15) is 0 Å². The van der Waals surface area contributed by atoms with Crippen LogP contribution in [-0.4, -0.2) is 69.6 Å². The molecule has 1 aromatic rings. The second-order valence-corrected chi connectivity index (χ2v) is 6.58. The Morgan fingerprint density at radius 1 is 1.19 bits per heavy atom. The van der Waals surface area contributed by atoms with E-state index in [0.29, 0.717) is 12.8 Å². The Morgan fingerprint density at radius 2 is 2.00 bits per heavy atom. The van der Waals surface area contributed by atoms with Crippen LogP contribution in [0, 0.1) is 0 Å². The molecule has 1 fully saturated rings. The number of fused-ring (bicyclic) bond motifs is 1. The number of benzene rings is 1. The lowest BCUT2D eigenvalue weighted by Gasteiger charge is -2.31. The van der Waals surface area contributed by atoms with E-state index in [1.54, 1.807) is 0 Å². The first kappa shape index (κ1) is 18.8.